The summed E-state index contributed by atoms with van der Waals surface area (Å²) < 4.78 is 25.6. The molecule has 1 aliphatic heterocycles. The molecule has 0 amide bonds. The molecular formula is C28H31ClFN5O2. The van der Waals surface area contributed by atoms with Crippen LogP contribution < -0.4 is 20.1 Å². The van der Waals surface area contributed by atoms with Gasteiger partial charge in [-0.1, -0.05) is 37.2 Å². The highest BCUT2D eigenvalue weighted by Crippen LogP contribution is 2.42. The first kappa shape index (κ1) is 26.6. The normalized spacial score (nSPS) is 13.7. The van der Waals surface area contributed by atoms with Gasteiger partial charge in [0.05, 0.1) is 19.2 Å². The molecule has 1 aliphatic rings. The summed E-state index contributed by atoms with van der Waals surface area (Å²) in [6.07, 6.45) is 3.64. The molecule has 2 N–H and O–H groups in total. The van der Waals surface area contributed by atoms with E-state index in [-0.39, 0.29) is 23.8 Å². The van der Waals surface area contributed by atoms with Crippen LogP contribution in [-0.2, 0) is 6.54 Å². The Bertz CT molecular complexity index is 1350. The van der Waals surface area contributed by atoms with Crippen LogP contribution in [0.15, 0.2) is 54.9 Å². The van der Waals surface area contributed by atoms with Crippen LogP contribution in [0.2, 0.25) is 5.02 Å². The molecule has 0 bridgehead atoms. The molecule has 0 radical (unpaired) electrons. The van der Waals surface area contributed by atoms with Crippen LogP contribution in [0.4, 0.5) is 16.0 Å². The minimum Gasteiger partial charge on any atom is -0.495 e. The van der Waals surface area contributed by atoms with Gasteiger partial charge in [0.15, 0.2) is 11.6 Å². The van der Waals surface area contributed by atoms with E-state index in [0.717, 1.165) is 49.3 Å². The third-order valence-electron chi connectivity index (χ3n) is 6.28. The average molecular weight is 524 g/mol. The molecule has 9 heteroatoms. The highest BCUT2D eigenvalue weighted by molar-refractivity contribution is 6.35. The lowest BCUT2D eigenvalue weighted by Gasteiger charge is -2.27. The fraction of sp³-hybridized carbons (Fsp3) is 0.286. The molecule has 194 valence electrons. The molecule has 5 rings (SSSR count). The standard InChI is InChI=1S/C27H27ClFN5O2.CH4/c1-35-21-13-22(36-2)27(29)25(26(21)28)19-5-4-18-12-24(32-15-20(18)11-19)33-23-6-3-17(14-31-23)16-34-9-7-30-8-10-34;/h3-6,11-15,30H,7-10,16H2,1-2H3,(H,31,32,33);1H4. The van der Waals surface area contributed by atoms with Crippen LogP contribution in [0.3, 0.4) is 0 Å². The van der Waals surface area contributed by atoms with E-state index in [1.165, 1.54) is 25.8 Å². The van der Waals surface area contributed by atoms with Crippen LogP contribution >= 0.6 is 11.6 Å². The zero-order chi connectivity index (χ0) is 25.1. The third-order valence-corrected chi connectivity index (χ3v) is 6.66. The van der Waals surface area contributed by atoms with Gasteiger partial charge in [-0.25, -0.2) is 14.4 Å². The Labute approximate surface area is 221 Å². The van der Waals surface area contributed by atoms with Gasteiger partial charge >= 0.3 is 0 Å². The molecular weight excluding hydrogens is 493 g/mol. The lowest BCUT2D eigenvalue weighted by atomic mass is 10.0. The predicted octanol–water partition coefficient (Wildman–Crippen LogP) is 5.89. The summed E-state index contributed by atoms with van der Waals surface area (Å²) in [6.45, 7) is 5.05. The van der Waals surface area contributed by atoms with Crippen molar-refractivity contribution in [2.45, 2.75) is 14.0 Å². The maximum atomic E-state index is 15.1. The van der Waals surface area contributed by atoms with Gasteiger partial charge in [-0.3, -0.25) is 4.90 Å². The van der Waals surface area contributed by atoms with E-state index in [4.69, 9.17) is 21.1 Å². The molecule has 0 spiro atoms. The number of halogens is 2. The fourth-order valence-corrected chi connectivity index (χ4v) is 4.68. The van der Waals surface area contributed by atoms with Crippen molar-refractivity contribution < 1.29 is 13.9 Å². The second kappa shape index (κ2) is 11.7. The van der Waals surface area contributed by atoms with Crippen molar-refractivity contribution in [3.63, 3.8) is 0 Å². The van der Waals surface area contributed by atoms with E-state index >= 15 is 4.39 Å². The first-order chi connectivity index (χ1) is 17.6. The number of hydrogen-bond acceptors (Lipinski definition) is 7. The van der Waals surface area contributed by atoms with Crippen molar-refractivity contribution in [3.05, 3.63) is 71.3 Å². The molecule has 37 heavy (non-hydrogen) atoms. The highest BCUT2D eigenvalue weighted by atomic mass is 35.5. The number of nitrogens with one attached hydrogen (secondary N) is 2. The lowest BCUT2D eigenvalue weighted by molar-refractivity contribution is 0.233. The highest BCUT2D eigenvalue weighted by Gasteiger charge is 2.20. The molecule has 0 saturated carbocycles. The van der Waals surface area contributed by atoms with Crippen molar-refractivity contribution in [2.75, 3.05) is 45.7 Å². The van der Waals surface area contributed by atoms with Gasteiger partial charge in [0.2, 0.25) is 0 Å². The van der Waals surface area contributed by atoms with Gasteiger partial charge in [0.1, 0.15) is 17.4 Å². The Morgan fingerprint density at radius 3 is 2.41 bits per heavy atom. The Morgan fingerprint density at radius 1 is 0.946 bits per heavy atom. The van der Waals surface area contributed by atoms with Crippen molar-refractivity contribution in [1.82, 2.24) is 20.2 Å². The van der Waals surface area contributed by atoms with Gasteiger partial charge in [-0.2, -0.15) is 0 Å². The van der Waals surface area contributed by atoms with Crippen LogP contribution in [-0.4, -0.2) is 55.3 Å². The Balaban J connectivity index is 0.00000320. The zero-order valence-electron chi connectivity index (χ0n) is 20.1. The molecule has 0 unspecified atom stereocenters. The van der Waals surface area contributed by atoms with E-state index < -0.39 is 5.82 Å². The summed E-state index contributed by atoms with van der Waals surface area (Å²) in [5.41, 5.74) is 2.01. The molecule has 1 fully saturated rings. The second-order valence-electron chi connectivity index (χ2n) is 8.62. The van der Waals surface area contributed by atoms with Crippen LogP contribution in [0, 0.1) is 5.82 Å². The molecule has 0 atom stereocenters. The van der Waals surface area contributed by atoms with Gasteiger partial charge in [-0.15, -0.1) is 0 Å². The largest absolute Gasteiger partial charge is 0.495 e. The van der Waals surface area contributed by atoms with Crippen molar-refractivity contribution in [2.24, 2.45) is 0 Å². The maximum Gasteiger partial charge on any atom is 0.174 e. The number of anilines is 2. The minimum atomic E-state index is -0.541. The number of fused-ring (bicyclic) bond motifs is 1. The molecule has 2 aromatic heterocycles. The second-order valence-corrected chi connectivity index (χ2v) is 9.00. The minimum absolute atomic E-state index is 0. The SMILES string of the molecule is C.COc1cc(OC)c(Cl)c(-c2ccc3cc(Nc4ccc(CN5CCNCC5)cn4)ncc3c2)c1F. The Morgan fingerprint density at radius 2 is 1.70 bits per heavy atom. The number of pyridine rings is 2. The van der Waals surface area contributed by atoms with Gasteiger partial charge in [0, 0.05) is 62.1 Å². The molecule has 4 aromatic rings. The number of ether oxygens (including phenoxy) is 2. The number of benzene rings is 2. The van der Waals surface area contributed by atoms with E-state index in [2.05, 4.69) is 31.6 Å². The molecule has 7 nitrogen and oxygen atoms in total. The van der Waals surface area contributed by atoms with E-state index in [0.29, 0.717) is 17.1 Å². The van der Waals surface area contributed by atoms with Crippen molar-refractivity contribution in [3.8, 4) is 22.6 Å². The van der Waals surface area contributed by atoms with Crippen LogP contribution in [0.1, 0.15) is 13.0 Å². The predicted molar refractivity (Wildman–Crippen MR) is 148 cm³/mol. The van der Waals surface area contributed by atoms with E-state index in [9.17, 15) is 0 Å². The molecule has 2 aromatic carbocycles. The van der Waals surface area contributed by atoms with E-state index in [1.807, 2.05) is 36.5 Å². The summed E-state index contributed by atoms with van der Waals surface area (Å²) in [4.78, 5) is 11.5. The Kier molecular flexibility index (Phi) is 8.43. The molecule has 0 aliphatic carbocycles. The Hall–Kier alpha value is -3.46. The van der Waals surface area contributed by atoms with Crippen LogP contribution in [0.5, 0.6) is 11.5 Å². The van der Waals surface area contributed by atoms with Gasteiger partial charge in [-0.05, 0) is 34.7 Å². The summed E-state index contributed by atoms with van der Waals surface area (Å²) in [7, 11) is 2.89. The summed E-state index contributed by atoms with van der Waals surface area (Å²) in [5, 5.41) is 8.60. The van der Waals surface area contributed by atoms with Crippen molar-refractivity contribution >= 4 is 34.0 Å². The lowest BCUT2D eigenvalue weighted by Crippen LogP contribution is -2.42. The first-order valence-corrected chi connectivity index (χ1v) is 12.1. The maximum absolute atomic E-state index is 15.1. The number of nitrogens with zero attached hydrogens (tertiary/aromatic N) is 3. The van der Waals surface area contributed by atoms with E-state index in [1.54, 1.807) is 6.20 Å². The molecule has 3 heterocycles. The fourth-order valence-electron chi connectivity index (χ4n) is 4.36. The average Bonchev–Trinajstić information content (AvgIpc) is 2.91. The van der Waals surface area contributed by atoms with Crippen molar-refractivity contribution in [1.29, 1.82) is 0 Å². The summed E-state index contributed by atoms with van der Waals surface area (Å²) >= 11 is 6.45. The first-order valence-electron chi connectivity index (χ1n) is 11.7. The number of aromatic nitrogens is 2. The number of rotatable bonds is 7. The van der Waals surface area contributed by atoms with Gasteiger partial charge in [0.25, 0.3) is 0 Å². The number of methoxy groups -OCH3 is 2. The van der Waals surface area contributed by atoms with Gasteiger partial charge < -0.3 is 20.1 Å². The molecule has 1 saturated heterocycles. The number of hydrogen-bond donors (Lipinski definition) is 2. The monoisotopic (exact) mass is 523 g/mol. The third kappa shape index (κ3) is 5.77. The topological polar surface area (TPSA) is 71.5 Å². The summed E-state index contributed by atoms with van der Waals surface area (Å²) in [5.74, 6) is 1.26. The quantitative estimate of drug-likeness (QED) is 0.313. The smallest absolute Gasteiger partial charge is 0.174 e. The van der Waals surface area contributed by atoms with Crippen LogP contribution in [0.25, 0.3) is 21.9 Å². The number of piperazine rings is 1. The zero-order valence-corrected chi connectivity index (χ0v) is 20.9. The summed E-state index contributed by atoms with van der Waals surface area (Å²) in [6, 6.07) is 13.0.